The van der Waals surface area contributed by atoms with E-state index >= 15 is 0 Å². The van der Waals surface area contributed by atoms with Crippen LogP contribution >= 0.6 is 0 Å². The van der Waals surface area contributed by atoms with Crippen LogP contribution < -0.4 is 0 Å². The quantitative estimate of drug-likeness (QED) is 0.306. The molecule has 1 fully saturated rings. The average molecular weight is 374 g/mol. The lowest BCUT2D eigenvalue weighted by molar-refractivity contribution is -0.825. The monoisotopic (exact) mass is 374 g/mol. The number of rotatable bonds is 10. The molecule has 0 aromatic rings. The zero-order valence-corrected chi connectivity index (χ0v) is 12.1. The van der Waals surface area contributed by atoms with Crippen LogP contribution in [0.4, 0.5) is 0 Å². The maximum Gasteiger partial charge on any atom is 0.295 e. The standard InChI is InChI=1S/C7H10N4O14/c1-20-7-6(25-11(18)19)5(24-10(16)17)4(23-9(14)15)3(22-7)2-21-8(12)13/h3-7H,2H2,1H3/t3-,4-,5+,6+,7+/m1/s1. The van der Waals surface area contributed by atoms with Gasteiger partial charge in [-0.15, -0.1) is 40.5 Å². The molecule has 0 saturated carbocycles. The van der Waals surface area contributed by atoms with Gasteiger partial charge in [-0.25, -0.2) is 0 Å². The van der Waals surface area contributed by atoms with Crippen molar-refractivity contribution in [1.29, 1.82) is 0 Å². The molecule has 0 aromatic heterocycles. The highest BCUT2D eigenvalue weighted by molar-refractivity contribution is 4.91. The fourth-order valence-corrected chi connectivity index (χ4v) is 1.99. The van der Waals surface area contributed by atoms with Crippen molar-refractivity contribution in [3.63, 3.8) is 0 Å². The Morgan fingerprint density at radius 2 is 1.28 bits per heavy atom. The van der Waals surface area contributed by atoms with Crippen molar-refractivity contribution in [2.45, 2.75) is 30.7 Å². The van der Waals surface area contributed by atoms with Gasteiger partial charge in [0.15, 0.2) is 24.6 Å². The minimum Gasteiger partial charge on any atom is -0.353 e. The van der Waals surface area contributed by atoms with Crippen LogP contribution in [0.1, 0.15) is 0 Å². The highest BCUT2D eigenvalue weighted by Crippen LogP contribution is 2.29. The summed E-state index contributed by atoms with van der Waals surface area (Å²) in [4.78, 5) is 58.5. The molecule has 0 bridgehead atoms. The first-order valence-electron chi connectivity index (χ1n) is 6.04. The second kappa shape index (κ2) is 8.54. The fourth-order valence-electron chi connectivity index (χ4n) is 1.99. The van der Waals surface area contributed by atoms with Crippen molar-refractivity contribution in [2.75, 3.05) is 13.7 Å². The van der Waals surface area contributed by atoms with Gasteiger partial charge in [-0.05, 0) is 0 Å². The molecule has 1 rings (SSSR count). The highest BCUT2D eigenvalue weighted by Gasteiger charge is 2.53. The molecule has 0 aromatic carbocycles. The van der Waals surface area contributed by atoms with E-state index in [1.54, 1.807) is 0 Å². The zero-order valence-electron chi connectivity index (χ0n) is 12.1. The first-order valence-corrected chi connectivity index (χ1v) is 6.04. The van der Waals surface area contributed by atoms with E-state index in [9.17, 15) is 40.5 Å². The molecule has 18 heteroatoms. The van der Waals surface area contributed by atoms with Crippen LogP contribution in [0, 0.1) is 40.5 Å². The minimum absolute atomic E-state index is 0.963. The lowest BCUT2D eigenvalue weighted by Crippen LogP contribution is -2.63. The van der Waals surface area contributed by atoms with Crippen LogP contribution in [0.2, 0.25) is 0 Å². The second-order valence-corrected chi connectivity index (χ2v) is 4.18. The Bertz CT molecular complexity index is 527. The Labute approximate surface area is 135 Å². The van der Waals surface area contributed by atoms with E-state index < -0.39 is 57.7 Å². The van der Waals surface area contributed by atoms with Gasteiger partial charge in [-0.3, -0.25) is 0 Å². The van der Waals surface area contributed by atoms with Crippen molar-refractivity contribution in [3.05, 3.63) is 40.5 Å². The van der Waals surface area contributed by atoms with Gasteiger partial charge in [-0.1, -0.05) is 0 Å². The summed E-state index contributed by atoms with van der Waals surface area (Å²) >= 11 is 0. The van der Waals surface area contributed by atoms with Gasteiger partial charge in [0, 0.05) is 7.11 Å². The summed E-state index contributed by atoms with van der Waals surface area (Å²) < 4.78 is 9.71. The zero-order chi connectivity index (χ0) is 19.1. The van der Waals surface area contributed by atoms with Crippen LogP contribution in [0.3, 0.4) is 0 Å². The summed E-state index contributed by atoms with van der Waals surface area (Å²) in [6.45, 7) is -0.978. The third kappa shape index (κ3) is 5.69. The fraction of sp³-hybridized carbons (Fsp3) is 1.00. The number of ether oxygens (including phenoxy) is 2. The first kappa shape index (κ1) is 19.8. The van der Waals surface area contributed by atoms with Gasteiger partial charge in [0.25, 0.3) is 20.3 Å². The van der Waals surface area contributed by atoms with Crippen molar-refractivity contribution >= 4 is 0 Å². The van der Waals surface area contributed by atoms with Crippen molar-refractivity contribution in [1.82, 2.24) is 0 Å². The summed E-state index contributed by atoms with van der Waals surface area (Å²) in [5, 5.41) is 36.5. The van der Waals surface area contributed by atoms with E-state index in [0.29, 0.717) is 0 Å². The molecule has 5 atom stereocenters. The van der Waals surface area contributed by atoms with Gasteiger partial charge < -0.3 is 28.8 Å². The Morgan fingerprint density at radius 1 is 0.800 bits per heavy atom. The van der Waals surface area contributed by atoms with E-state index in [1.807, 2.05) is 0 Å². The van der Waals surface area contributed by atoms with Gasteiger partial charge in [0.2, 0.25) is 0 Å². The summed E-state index contributed by atoms with van der Waals surface area (Å²) in [5.74, 6) is 0. The van der Waals surface area contributed by atoms with E-state index in [0.717, 1.165) is 7.11 Å². The molecule has 1 heterocycles. The van der Waals surface area contributed by atoms with E-state index in [2.05, 4.69) is 19.4 Å². The predicted octanol–water partition coefficient (Wildman–Crippen LogP) is -1.70. The molecule has 0 spiro atoms. The van der Waals surface area contributed by atoms with Gasteiger partial charge in [-0.2, -0.15) is 0 Å². The largest absolute Gasteiger partial charge is 0.353 e. The van der Waals surface area contributed by atoms with Crippen LogP contribution in [0.5, 0.6) is 0 Å². The molecule has 1 aliphatic rings. The normalized spacial score (nSPS) is 28.4. The van der Waals surface area contributed by atoms with Gasteiger partial charge in [0.05, 0.1) is 0 Å². The van der Waals surface area contributed by atoms with Gasteiger partial charge >= 0.3 is 0 Å². The molecular formula is C7H10N4O14. The van der Waals surface area contributed by atoms with Crippen molar-refractivity contribution < 1.29 is 49.2 Å². The van der Waals surface area contributed by atoms with Gasteiger partial charge in [0.1, 0.15) is 12.7 Å². The molecule has 1 aliphatic heterocycles. The highest BCUT2D eigenvalue weighted by atomic mass is 17.0. The third-order valence-electron chi connectivity index (χ3n) is 2.79. The molecule has 0 N–H and O–H groups in total. The number of hydrogen-bond donors (Lipinski definition) is 0. The molecule has 0 aliphatic carbocycles. The number of nitrogens with zero attached hydrogens (tertiary/aromatic N) is 4. The maximum absolute atomic E-state index is 10.6. The molecule has 0 unspecified atom stereocenters. The smallest absolute Gasteiger partial charge is 0.295 e. The van der Waals surface area contributed by atoms with Crippen molar-refractivity contribution in [2.24, 2.45) is 0 Å². The first-order chi connectivity index (χ1) is 11.6. The SMILES string of the molecule is CO[C@H]1O[C@H](CO[N+](=O)[O-])[C@@H](O[N+](=O)[O-])[C@H](O[N+](=O)[O-])[C@@H]1O[N+](=O)[O-]. The van der Waals surface area contributed by atoms with Crippen LogP contribution in [-0.4, -0.2) is 64.8 Å². The molecule has 25 heavy (non-hydrogen) atoms. The third-order valence-corrected chi connectivity index (χ3v) is 2.79. The average Bonchev–Trinajstić information content (AvgIpc) is 2.48. The Morgan fingerprint density at radius 3 is 1.72 bits per heavy atom. The Hall–Kier alpha value is -3.28. The summed E-state index contributed by atoms with van der Waals surface area (Å²) in [5.41, 5.74) is 0. The van der Waals surface area contributed by atoms with Crippen molar-refractivity contribution in [3.8, 4) is 0 Å². The lowest BCUT2D eigenvalue weighted by atomic mass is 9.99. The topological polar surface area (TPSA) is 228 Å². The van der Waals surface area contributed by atoms with Crippen LogP contribution in [-0.2, 0) is 28.8 Å². The Kier molecular flexibility index (Phi) is 6.75. The van der Waals surface area contributed by atoms with Crippen LogP contribution in [0.15, 0.2) is 0 Å². The number of methoxy groups -OCH3 is 1. The Balaban J connectivity index is 3.18. The lowest BCUT2D eigenvalue weighted by Gasteiger charge is -2.42. The van der Waals surface area contributed by atoms with E-state index in [4.69, 9.17) is 9.47 Å². The van der Waals surface area contributed by atoms with E-state index in [-0.39, 0.29) is 0 Å². The molecule has 1 saturated heterocycles. The minimum atomic E-state index is -2.11. The second-order valence-electron chi connectivity index (χ2n) is 4.18. The molecule has 0 radical (unpaired) electrons. The molecule has 142 valence electrons. The maximum atomic E-state index is 10.6. The molecule has 18 nitrogen and oxygen atoms in total. The van der Waals surface area contributed by atoms with Crippen LogP contribution in [0.25, 0.3) is 0 Å². The number of hydrogen-bond acceptors (Lipinski definition) is 14. The molecule has 0 amide bonds. The summed E-state index contributed by atoms with van der Waals surface area (Å²) in [6, 6.07) is 0. The molecular weight excluding hydrogens is 364 g/mol. The van der Waals surface area contributed by atoms with E-state index in [1.165, 1.54) is 0 Å². The predicted molar refractivity (Wildman–Crippen MR) is 64.2 cm³/mol. The summed E-state index contributed by atoms with van der Waals surface area (Å²) in [6.07, 6.45) is -9.55. The summed E-state index contributed by atoms with van der Waals surface area (Å²) in [7, 11) is 0.963.